The maximum absolute atomic E-state index is 13.0. The summed E-state index contributed by atoms with van der Waals surface area (Å²) in [5.41, 5.74) is 5.40. The van der Waals surface area contributed by atoms with Crippen molar-refractivity contribution in [2.45, 2.75) is 19.4 Å². The highest BCUT2D eigenvalue weighted by Gasteiger charge is 2.36. The summed E-state index contributed by atoms with van der Waals surface area (Å²) in [6.07, 6.45) is 5.15. The van der Waals surface area contributed by atoms with Crippen LogP contribution in [-0.4, -0.2) is 73.5 Å². The number of nitrogens with zero attached hydrogens (tertiary/aromatic N) is 5. The molecule has 2 aromatic heterocycles. The fourth-order valence-electron chi connectivity index (χ4n) is 4.45. The molecule has 1 saturated heterocycles. The van der Waals surface area contributed by atoms with Crippen molar-refractivity contribution in [1.82, 2.24) is 24.8 Å². The van der Waals surface area contributed by atoms with E-state index in [0.29, 0.717) is 30.3 Å². The number of nitrogens with one attached hydrogen (secondary N) is 2. The zero-order valence-corrected chi connectivity index (χ0v) is 21.9. The van der Waals surface area contributed by atoms with Gasteiger partial charge in [0.1, 0.15) is 0 Å². The van der Waals surface area contributed by atoms with Crippen LogP contribution in [0.4, 0.5) is 17.3 Å². The third-order valence-electron chi connectivity index (χ3n) is 6.68. The quantitative estimate of drug-likeness (QED) is 0.269. The zero-order chi connectivity index (χ0) is 27.4. The lowest BCUT2D eigenvalue weighted by atomic mass is 10.1. The molecule has 0 atom stereocenters. The van der Waals surface area contributed by atoms with Crippen molar-refractivity contribution in [3.05, 3.63) is 95.9 Å². The smallest absolute Gasteiger partial charge is 0.255 e. The molecule has 200 valence electrons. The highest BCUT2D eigenvalue weighted by molar-refractivity contribution is 6.04. The van der Waals surface area contributed by atoms with Crippen molar-refractivity contribution in [2.24, 2.45) is 0 Å². The summed E-state index contributed by atoms with van der Waals surface area (Å²) in [5.74, 6) is -1.69. The lowest BCUT2D eigenvalue weighted by molar-refractivity contribution is -0.288. The molecule has 3 heterocycles. The maximum atomic E-state index is 13.0. The number of piperazine rings is 1. The molecule has 0 bridgehead atoms. The van der Waals surface area contributed by atoms with Crippen molar-refractivity contribution in [3.8, 4) is 11.3 Å². The van der Waals surface area contributed by atoms with Gasteiger partial charge in [0.15, 0.2) is 0 Å². The van der Waals surface area contributed by atoms with Crippen LogP contribution in [0, 0.1) is 6.92 Å². The standard InChI is InChI=1S/C29H31N7O3/c1-20-5-10-24(16-26(20)34-28-31-13-11-25(33-28)23-4-3-12-30-17-23)32-27(37)22-8-6-21(7-9-22)18-36-15-14-35(2)19-29(36,38)39/h3-13,16-17,38-39H,14-15,18-19H2,1-2H3,(H,32,37)(H,31,33,34). The van der Waals surface area contributed by atoms with Crippen LogP contribution in [0.15, 0.2) is 79.3 Å². The molecule has 1 aliphatic heterocycles. The Bertz CT molecular complexity index is 1450. The summed E-state index contributed by atoms with van der Waals surface area (Å²) in [4.78, 5) is 29.5. The maximum Gasteiger partial charge on any atom is 0.255 e. The van der Waals surface area contributed by atoms with Crippen LogP contribution >= 0.6 is 0 Å². The fourth-order valence-corrected chi connectivity index (χ4v) is 4.45. The predicted molar refractivity (Wildman–Crippen MR) is 149 cm³/mol. The number of anilines is 3. The van der Waals surface area contributed by atoms with Gasteiger partial charge in [0.25, 0.3) is 5.91 Å². The zero-order valence-electron chi connectivity index (χ0n) is 21.9. The SMILES string of the molecule is Cc1ccc(NC(=O)c2ccc(CN3CCN(C)CC3(O)O)cc2)cc1Nc1nccc(-c2cccnc2)n1. The molecule has 0 spiro atoms. The number of aryl methyl sites for hydroxylation is 1. The van der Waals surface area contributed by atoms with Crippen molar-refractivity contribution in [1.29, 1.82) is 0 Å². The van der Waals surface area contributed by atoms with Gasteiger partial charge in [-0.2, -0.15) is 0 Å². The molecule has 10 heteroatoms. The molecule has 1 amide bonds. The van der Waals surface area contributed by atoms with Crippen LogP contribution < -0.4 is 10.6 Å². The van der Waals surface area contributed by atoms with Crippen LogP contribution in [0.3, 0.4) is 0 Å². The first-order chi connectivity index (χ1) is 18.8. The summed E-state index contributed by atoms with van der Waals surface area (Å²) in [5, 5.41) is 26.9. The van der Waals surface area contributed by atoms with E-state index in [1.807, 2.05) is 67.4 Å². The number of aliphatic hydroxyl groups is 2. The molecule has 10 nitrogen and oxygen atoms in total. The minimum atomic E-state index is -1.88. The number of amides is 1. The molecule has 0 aliphatic carbocycles. The van der Waals surface area contributed by atoms with Crippen LogP contribution in [0.25, 0.3) is 11.3 Å². The van der Waals surface area contributed by atoms with E-state index in [0.717, 1.165) is 34.6 Å². The lowest BCUT2D eigenvalue weighted by Gasteiger charge is -2.42. The van der Waals surface area contributed by atoms with E-state index in [9.17, 15) is 15.0 Å². The summed E-state index contributed by atoms with van der Waals surface area (Å²) in [6, 6.07) is 18.4. The van der Waals surface area contributed by atoms with Gasteiger partial charge in [0, 0.05) is 60.7 Å². The van der Waals surface area contributed by atoms with E-state index in [1.165, 1.54) is 0 Å². The average Bonchev–Trinajstić information content (AvgIpc) is 2.93. The third-order valence-corrected chi connectivity index (χ3v) is 6.68. The van der Waals surface area contributed by atoms with Gasteiger partial charge >= 0.3 is 0 Å². The molecule has 0 unspecified atom stereocenters. The topological polar surface area (TPSA) is 127 Å². The van der Waals surface area contributed by atoms with Gasteiger partial charge < -0.3 is 20.8 Å². The number of carbonyl (C=O) groups is 1. The monoisotopic (exact) mass is 525 g/mol. The molecule has 5 rings (SSSR count). The van der Waals surface area contributed by atoms with E-state index in [4.69, 9.17) is 0 Å². The van der Waals surface area contributed by atoms with E-state index in [-0.39, 0.29) is 12.5 Å². The number of likely N-dealkylation sites (N-methyl/N-ethyl adjacent to an activating group) is 1. The van der Waals surface area contributed by atoms with E-state index < -0.39 is 5.91 Å². The number of benzene rings is 2. The minimum absolute atomic E-state index is 0.156. The highest BCUT2D eigenvalue weighted by Crippen LogP contribution is 2.25. The summed E-state index contributed by atoms with van der Waals surface area (Å²) < 4.78 is 0. The molecular formula is C29H31N7O3. The van der Waals surface area contributed by atoms with Crippen molar-refractivity contribution in [3.63, 3.8) is 0 Å². The minimum Gasteiger partial charge on any atom is -0.352 e. The van der Waals surface area contributed by atoms with Gasteiger partial charge in [-0.1, -0.05) is 18.2 Å². The van der Waals surface area contributed by atoms with E-state index >= 15 is 0 Å². The normalized spacial score (nSPS) is 15.6. The Morgan fingerprint density at radius 3 is 2.62 bits per heavy atom. The Morgan fingerprint density at radius 1 is 1.05 bits per heavy atom. The van der Waals surface area contributed by atoms with Gasteiger partial charge in [-0.05, 0) is 67.6 Å². The molecule has 0 saturated carbocycles. The summed E-state index contributed by atoms with van der Waals surface area (Å²) >= 11 is 0. The van der Waals surface area contributed by atoms with Crippen molar-refractivity contribution < 1.29 is 15.0 Å². The predicted octanol–water partition coefficient (Wildman–Crippen LogP) is 3.23. The Labute approximate surface area is 227 Å². The number of aromatic nitrogens is 3. The second-order valence-corrected chi connectivity index (χ2v) is 9.75. The van der Waals surface area contributed by atoms with E-state index in [2.05, 4.69) is 25.6 Å². The van der Waals surface area contributed by atoms with Gasteiger partial charge in [-0.3, -0.25) is 14.7 Å². The van der Waals surface area contributed by atoms with Gasteiger partial charge in [0.2, 0.25) is 11.9 Å². The largest absolute Gasteiger partial charge is 0.352 e. The number of rotatable bonds is 7. The molecule has 4 aromatic rings. The van der Waals surface area contributed by atoms with Crippen molar-refractivity contribution >= 4 is 23.2 Å². The first-order valence-corrected chi connectivity index (χ1v) is 12.7. The Kier molecular flexibility index (Phi) is 7.62. The van der Waals surface area contributed by atoms with Crippen molar-refractivity contribution in [2.75, 3.05) is 37.3 Å². The van der Waals surface area contributed by atoms with Crippen LogP contribution in [-0.2, 0) is 6.54 Å². The molecule has 1 fully saturated rings. The van der Waals surface area contributed by atoms with Gasteiger partial charge in [-0.25, -0.2) is 14.9 Å². The number of β-amino-alcohol motifs (C(OH)–C–C–N with tert-alkyl or cyclic N) is 2. The molecule has 0 radical (unpaired) electrons. The Hall–Kier alpha value is -4.22. The van der Waals surface area contributed by atoms with Crippen LogP contribution in [0.5, 0.6) is 0 Å². The molecular weight excluding hydrogens is 494 g/mol. The molecule has 2 aromatic carbocycles. The number of hydrogen-bond donors (Lipinski definition) is 4. The molecule has 4 N–H and O–H groups in total. The number of hydrogen-bond acceptors (Lipinski definition) is 9. The Morgan fingerprint density at radius 2 is 1.87 bits per heavy atom. The van der Waals surface area contributed by atoms with Gasteiger partial charge in [0.05, 0.1) is 12.2 Å². The number of pyridine rings is 1. The summed E-state index contributed by atoms with van der Waals surface area (Å²) in [6.45, 7) is 3.78. The fraction of sp³-hybridized carbons (Fsp3) is 0.241. The average molecular weight is 526 g/mol. The first-order valence-electron chi connectivity index (χ1n) is 12.7. The summed E-state index contributed by atoms with van der Waals surface area (Å²) in [7, 11) is 1.86. The lowest BCUT2D eigenvalue weighted by Crippen LogP contribution is -2.61. The first kappa shape index (κ1) is 26.4. The highest BCUT2D eigenvalue weighted by atomic mass is 16.5. The van der Waals surface area contributed by atoms with Crippen LogP contribution in [0.1, 0.15) is 21.5 Å². The number of carbonyl (C=O) groups excluding carboxylic acids is 1. The third kappa shape index (κ3) is 6.44. The van der Waals surface area contributed by atoms with E-state index in [1.54, 1.807) is 35.6 Å². The second kappa shape index (κ2) is 11.3. The Balaban J connectivity index is 1.24. The molecule has 1 aliphatic rings. The second-order valence-electron chi connectivity index (χ2n) is 9.75. The van der Waals surface area contributed by atoms with Gasteiger partial charge in [-0.15, -0.1) is 0 Å². The molecule has 39 heavy (non-hydrogen) atoms. The van der Waals surface area contributed by atoms with Crippen LogP contribution in [0.2, 0.25) is 0 Å².